The fraction of sp³-hybridized carbons (Fsp3) is 0.538. The molecule has 0 atom stereocenters. The lowest BCUT2D eigenvalue weighted by Gasteiger charge is -2.33. The highest BCUT2D eigenvalue weighted by Crippen LogP contribution is 2.50. The van der Waals surface area contributed by atoms with Gasteiger partial charge in [-0.2, -0.15) is 0 Å². The van der Waals surface area contributed by atoms with Crippen molar-refractivity contribution >= 4 is 15.9 Å². The molecular formula is C13H18BrN. The molecule has 1 nitrogen and oxygen atoms in total. The molecular weight excluding hydrogens is 250 g/mol. The minimum absolute atomic E-state index is 0.00474. The molecule has 1 aliphatic rings. The van der Waals surface area contributed by atoms with Crippen molar-refractivity contribution in [1.29, 1.82) is 0 Å². The summed E-state index contributed by atoms with van der Waals surface area (Å²) in [6.07, 6.45) is 2.28. The molecule has 0 bridgehead atoms. The number of nitrogens with two attached hydrogens (primary N) is 1. The maximum absolute atomic E-state index is 6.34. The molecule has 1 aliphatic carbocycles. The summed E-state index contributed by atoms with van der Waals surface area (Å²) in [4.78, 5) is 0. The number of hydrogen-bond acceptors (Lipinski definition) is 1. The summed E-state index contributed by atoms with van der Waals surface area (Å²) in [5, 5.41) is 0. The summed E-state index contributed by atoms with van der Waals surface area (Å²) in [7, 11) is 0. The van der Waals surface area contributed by atoms with Crippen LogP contribution < -0.4 is 5.73 Å². The van der Waals surface area contributed by atoms with Crippen LogP contribution >= 0.6 is 15.9 Å². The van der Waals surface area contributed by atoms with E-state index in [1.807, 2.05) is 0 Å². The first-order chi connectivity index (χ1) is 6.87. The molecule has 0 saturated heterocycles. The molecule has 0 radical (unpaired) electrons. The molecule has 0 aliphatic heterocycles. The van der Waals surface area contributed by atoms with Gasteiger partial charge in [0.25, 0.3) is 0 Å². The van der Waals surface area contributed by atoms with Crippen molar-refractivity contribution < 1.29 is 0 Å². The molecule has 1 aromatic carbocycles. The molecule has 2 rings (SSSR count). The van der Waals surface area contributed by atoms with Gasteiger partial charge in [-0.3, -0.25) is 0 Å². The molecule has 2 heteroatoms. The van der Waals surface area contributed by atoms with E-state index in [1.165, 1.54) is 15.6 Å². The maximum atomic E-state index is 6.34. The van der Waals surface area contributed by atoms with E-state index in [-0.39, 0.29) is 11.0 Å². The van der Waals surface area contributed by atoms with Crippen molar-refractivity contribution in [3.05, 3.63) is 33.8 Å². The quantitative estimate of drug-likeness (QED) is 0.872. The predicted octanol–water partition coefficient (Wildman–Crippen LogP) is 3.53. The molecule has 0 unspecified atom stereocenters. The smallest absolute Gasteiger partial charge is 0.0248 e. The molecule has 82 valence electrons. The molecule has 0 spiro atoms. The Balaban J connectivity index is 2.45. The van der Waals surface area contributed by atoms with Crippen molar-refractivity contribution in [3.63, 3.8) is 0 Å². The van der Waals surface area contributed by atoms with Gasteiger partial charge >= 0.3 is 0 Å². The molecule has 0 amide bonds. The normalized spacial score (nSPS) is 19.0. The maximum Gasteiger partial charge on any atom is 0.0248 e. The second-order valence-electron chi connectivity index (χ2n) is 5.26. The van der Waals surface area contributed by atoms with Crippen molar-refractivity contribution in [2.75, 3.05) is 0 Å². The van der Waals surface area contributed by atoms with E-state index in [9.17, 15) is 0 Å². The fourth-order valence-corrected chi connectivity index (χ4v) is 3.14. The van der Waals surface area contributed by atoms with E-state index >= 15 is 0 Å². The molecule has 1 aromatic rings. The number of aryl methyl sites for hydroxylation is 1. The zero-order valence-electron chi connectivity index (χ0n) is 9.60. The van der Waals surface area contributed by atoms with Crippen LogP contribution in [-0.4, -0.2) is 5.54 Å². The van der Waals surface area contributed by atoms with Gasteiger partial charge in [-0.05, 0) is 37.0 Å². The lowest BCUT2D eigenvalue weighted by atomic mass is 9.76. The average Bonchev–Trinajstić information content (AvgIpc) is 2.84. The van der Waals surface area contributed by atoms with E-state index in [4.69, 9.17) is 5.73 Å². The zero-order valence-corrected chi connectivity index (χ0v) is 11.2. The highest BCUT2D eigenvalue weighted by Gasteiger charge is 2.52. The van der Waals surface area contributed by atoms with Gasteiger partial charge in [0.1, 0.15) is 0 Å². The van der Waals surface area contributed by atoms with Crippen LogP contribution in [0.25, 0.3) is 0 Å². The van der Waals surface area contributed by atoms with E-state index in [2.05, 4.69) is 54.9 Å². The van der Waals surface area contributed by atoms with Crippen LogP contribution in [-0.2, 0) is 5.41 Å². The van der Waals surface area contributed by atoms with Crippen molar-refractivity contribution in [3.8, 4) is 0 Å². The molecule has 0 heterocycles. The fourth-order valence-electron chi connectivity index (χ4n) is 2.15. The van der Waals surface area contributed by atoms with Gasteiger partial charge in [-0.1, -0.05) is 41.9 Å². The predicted molar refractivity (Wildman–Crippen MR) is 68.1 cm³/mol. The first kappa shape index (κ1) is 11.2. The van der Waals surface area contributed by atoms with Gasteiger partial charge in [0.15, 0.2) is 0 Å². The molecule has 0 aromatic heterocycles. The second kappa shape index (κ2) is 3.33. The lowest BCUT2D eigenvalue weighted by Crippen LogP contribution is -2.43. The summed E-state index contributed by atoms with van der Waals surface area (Å²) < 4.78 is 1.18. The number of halogens is 1. The van der Waals surface area contributed by atoms with Crippen LogP contribution in [0.5, 0.6) is 0 Å². The van der Waals surface area contributed by atoms with Gasteiger partial charge < -0.3 is 5.73 Å². The van der Waals surface area contributed by atoms with Gasteiger partial charge in [-0.25, -0.2) is 0 Å². The SMILES string of the molecule is Cc1ccc(C(C)(C)C2(N)CC2)c(Br)c1. The third-order valence-electron chi connectivity index (χ3n) is 3.83. The Kier molecular flexibility index (Phi) is 2.47. The summed E-state index contributed by atoms with van der Waals surface area (Å²) in [5.74, 6) is 0. The average molecular weight is 268 g/mol. The highest BCUT2D eigenvalue weighted by molar-refractivity contribution is 9.10. The molecule has 2 N–H and O–H groups in total. The Morgan fingerprint density at radius 1 is 1.33 bits per heavy atom. The van der Waals surface area contributed by atoms with Crippen LogP contribution in [0.1, 0.15) is 37.8 Å². The van der Waals surface area contributed by atoms with Crippen LogP contribution in [0.15, 0.2) is 22.7 Å². The Morgan fingerprint density at radius 2 is 1.93 bits per heavy atom. The Labute approximate surface area is 100 Å². The standard InChI is InChI=1S/C13H18BrN/c1-9-4-5-10(11(14)8-9)12(2,3)13(15)6-7-13/h4-5,8H,6-7,15H2,1-3H3. The largest absolute Gasteiger partial charge is 0.324 e. The van der Waals surface area contributed by atoms with E-state index in [0.717, 1.165) is 12.8 Å². The van der Waals surface area contributed by atoms with E-state index in [1.54, 1.807) is 0 Å². The van der Waals surface area contributed by atoms with E-state index in [0.29, 0.717) is 0 Å². The summed E-state index contributed by atoms with van der Waals surface area (Å²) in [6.45, 7) is 6.60. The number of hydrogen-bond donors (Lipinski definition) is 1. The number of rotatable bonds is 2. The van der Waals surface area contributed by atoms with Crippen molar-refractivity contribution in [2.24, 2.45) is 5.73 Å². The third-order valence-corrected chi connectivity index (χ3v) is 4.49. The third kappa shape index (κ3) is 1.74. The van der Waals surface area contributed by atoms with Crippen LogP contribution in [0, 0.1) is 6.92 Å². The highest BCUT2D eigenvalue weighted by atomic mass is 79.9. The second-order valence-corrected chi connectivity index (χ2v) is 6.12. The topological polar surface area (TPSA) is 26.0 Å². The minimum Gasteiger partial charge on any atom is -0.324 e. The van der Waals surface area contributed by atoms with Gasteiger partial charge in [0.2, 0.25) is 0 Å². The lowest BCUT2D eigenvalue weighted by molar-refractivity contribution is 0.389. The van der Waals surface area contributed by atoms with Gasteiger partial charge in [-0.15, -0.1) is 0 Å². The summed E-state index contributed by atoms with van der Waals surface area (Å²) in [5.41, 5.74) is 9.01. The Hall–Kier alpha value is -0.340. The Bertz CT molecular complexity index is 392. The van der Waals surface area contributed by atoms with Crippen LogP contribution in [0.2, 0.25) is 0 Å². The van der Waals surface area contributed by atoms with Crippen LogP contribution in [0.3, 0.4) is 0 Å². The Morgan fingerprint density at radius 3 is 2.40 bits per heavy atom. The summed E-state index contributed by atoms with van der Waals surface area (Å²) in [6, 6.07) is 6.53. The minimum atomic E-state index is 0.00474. The number of benzene rings is 1. The van der Waals surface area contributed by atoms with Crippen molar-refractivity contribution in [1.82, 2.24) is 0 Å². The monoisotopic (exact) mass is 267 g/mol. The molecule has 1 fully saturated rings. The first-order valence-corrected chi connectivity index (χ1v) is 6.22. The van der Waals surface area contributed by atoms with Crippen molar-refractivity contribution in [2.45, 2.75) is 44.6 Å². The van der Waals surface area contributed by atoms with Crippen LogP contribution in [0.4, 0.5) is 0 Å². The first-order valence-electron chi connectivity index (χ1n) is 5.42. The molecule has 15 heavy (non-hydrogen) atoms. The summed E-state index contributed by atoms with van der Waals surface area (Å²) >= 11 is 3.65. The molecule has 1 saturated carbocycles. The van der Waals surface area contributed by atoms with Gasteiger partial charge in [0, 0.05) is 15.4 Å². The van der Waals surface area contributed by atoms with Gasteiger partial charge in [0.05, 0.1) is 0 Å². The van der Waals surface area contributed by atoms with E-state index < -0.39 is 0 Å². The zero-order chi connectivity index (χ0) is 11.3.